The topological polar surface area (TPSA) is 75.4 Å². The van der Waals surface area contributed by atoms with Gasteiger partial charge in [-0.2, -0.15) is 4.98 Å². The molecule has 2 aliphatic carbocycles. The molecule has 1 N–H and O–H groups in total. The first-order valence-corrected chi connectivity index (χ1v) is 15.6. The highest BCUT2D eigenvalue weighted by molar-refractivity contribution is 6.35. The van der Waals surface area contributed by atoms with E-state index in [1.807, 2.05) is 12.1 Å². The highest BCUT2D eigenvalue weighted by atomic mass is 35.5. The third-order valence-electron chi connectivity index (χ3n) is 10.6. The van der Waals surface area contributed by atoms with Crippen LogP contribution in [0.3, 0.4) is 0 Å². The van der Waals surface area contributed by atoms with Gasteiger partial charge in [0.1, 0.15) is 5.82 Å². The lowest BCUT2D eigenvalue weighted by molar-refractivity contribution is -0.138. The zero-order chi connectivity index (χ0) is 27.4. The summed E-state index contributed by atoms with van der Waals surface area (Å²) >= 11 is 6.55. The standard InChI is InChI=1S/C33H38ClN3O3/c34-26-5-4-6-27-30(26)31(40)35-32-33(15-2-1-3-16-33)25-12-9-23(20-28(25)37(27)32)22-13-17-36(18-14-22)24-10-7-21(8-11-24)19-29(38)39/h4-6,9,12,20-22,24H,1-3,7-8,10-11,13-19H2,(H,38,39). The van der Waals surface area contributed by atoms with Gasteiger partial charge >= 0.3 is 5.97 Å². The van der Waals surface area contributed by atoms with Crippen LogP contribution in [0.25, 0.3) is 16.6 Å². The summed E-state index contributed by atoms with van der Waals surface area (Å²) in [6.45, 7) is 2.20. The molecule has 2 aromatic carbocycles. The van der Waals surface area contributed by atoms with Gasteiger partial charge in [0.05, 0.1) is 27.0 Å². The molecule has 0 amide bonds. The number of hydrogen-bond donors (Lipinski definition) is 1. The summed E-state index contributed by atoms with van der Waals surface area (Å²) in [5.41, 5.74) is 4.37. The van der Waals surface area contributed by atoms with E-state index in [0.717, 1.165) is 88.6 Å². The number of aliphatic carboxylic acids is 1. The van der Waals surface area contributed by atoms with Crippen molar-refractivity contribution in [2.45, 2.75) is 94.4 Å². The highest BCUT2D eigenvalue weighted by Crippen LogP contribution is 2.52. The molecule has 4 aliphatic rings. The Morgan fingerprint density at radius 3 is 2.48 bits per heavy atom. The lowest BCUT2D eigenvalue weighted by atomic mass is 9.69. The van der Waals surface area contributed by atoms with Crippen LogP contribution in [0.2, 0.25) is 5.02 Å². The number of carbonyl (C=O) groups is 1. The van der Waals surface area contributed by atoms with Crippen molar-refractivity contribution in [3.05, 3.63) is 68.7 Å². The van der Waals surface area contributed by atoms with Crippen LogP contribution in [-0.4, -0.2) is 44.7 Å². The Hall–Kier alpha value is -2.70. The maximum atomic E-state index is 13.2. The third-order valence-corrected chi connectivity index (χ3v) is 10.9. The van der Waals surface area contributed by atoms with Crippen molar-refractivity contribution in [2.75, 3.05) is 13.1 Å². The van der Waals surface area contributed by atoms with Crippen molar-refractivity contribution in [3.8, 4) is 5.69 Å². The molecule has 0 bridgehead atoms. The quantitative estimate of drug-likeness (QED) is 0.380. The maximum absolute atomic E-state index is 13.2. The van der Waals surface area contributed by atoms with Crippen LogP contribution in [0, 0.1) is 5.92 Å². The lowest BCUT2D eigenvalue weighted by Gasteiger charge is -2.41. The minimum atomic E-state index is -0.658. The average molecular weight is 560 g/mol. The number of likely N-dealkylation sites (tertiary alicyclic amines) is 1. The van der Waals surface area contributed by atoms with Crippen LogP contribution >= 0.6 is 11.6 Å². The molecule has 1 spiro atoms. The molecule has 2 saturated carbocycles. The van der Waals surface area contributed by atoms with E-state index < -0.39 is 5.97 Å². The second-order valence-corrected chi connectivity index (χ2v) is 13.1. The number of hydrogen-bond acceptors (Lipinski definition) is 4. The van der Waals surface area contributed by atoms with E-state index in [1.54, 1.807) is 6.07 Å². The molecule has 6 nitrogen and oxygen atoms in total. The summed E-state index contributed by atoms with van der Waals surface area (Å²) in [6.07, 6.45) is 12.5. The molecule has 3 fully saturated rings. The molecular weight excluding hydrogens is 522 g/mol. The molecule has 3 heterocycles. The first-order chi connectivity index (χ1) is 19.4. The minimum absolute atomic E-state index is 0.190. The molecular formula is C33H38ClN3O3. The molecule has 40 heavy (non-hydrogen) atoms. The molecule has 0 radical (unpaired) electrons. The molecule has 0 atom stereocenters. The largest absolute Gasteiger partial charge is 0.481 e. The highest BCUT2D eigenvalue weighted by Gasteiger charge is 2.46. The minimum Gasteiger partial charge on any atom is -0.481 e. The van der Waals surface area contributed by atoms with Gasteiger partial charge in [-0.15, -0.1) is 0 Å². The van der Waals surface area contributed by atoms with Crippen molar-refractivity contribution in [1.29, 1.82) is 0 Å². The fourth-order valence-corrected chi connectivity index (χ4v) is 8.76. The van der Waals surface area contributed by atoms with Gasteiger partial charge in [-0.1, -0.05) is 49.1 Å². The van der Waals surface area contributed by atoms with E-state index in [4.69, 9.17) is 21.7 Å². The summed E-state index contributed by atoms with van der Waals surface area (Å²) in [7, 11) is 0. The normalized spacial score (nSPS) is 24.7. The molecule has 3 aromatic rings. The van der Waals surface area contributed by atoms with Crippen molar-refractivity contribution in [1.82, 2.24) is 14.5 Å². The number of aromatic nitrogens is 2. The Kier molecular flexibility index (Phi) is 6.74. The van der Waals surface area contributed by atoms with Crippen LogP contribution in [0.1, 0.15) is 99.9 Å². The lowest BCUT2D eigenvalue weighted by Crippen LogP contribution is -2.42. The average Bonchev–Trinajstić information content (AvgIpc) is 3.22. The zero-order valence-electron chi connectivity index (χ0n) is 23.1. The molecule has 7 heteroatoms. The first-order valence-electron chi connectivity index (χ1n) is 15.3. The van der Waals surface area contributed by atoms with Crippen LogP contribution in [0.4, 0.5) is 0 Å². The fraction of sp³-hybridized carbons (Fsp3) is 0.545. The van der Waals surface area contributed by atoms with Gasteiger partial charge in [-0.3, -0.25) is 14.2 Å². The molecule has 2 aliphatic heterocycles. The summed E-state index contributed by atoms with van der Waals surface area (Å²) in [6, 6.07) is 13.4. The van der Waals surface area contributed by atoms with Gasteiger partial charge in [-0.25, -0.2) is 0 Å². The van der Waals surface area contributed by atoms with Gasteiger partial charge in [0, 0.05) is 12.5 Å². The summed E-state index contributed by atoms with van der Waals surface area (Å²) in [5.74, 6) is 1.11. The van der Waals surface area contributed by atoms with E-state index in [2.05, 4.69) is 27.7 Å². The second-order valence-electron chi connectivity index (χ2n) is 12.7. The number of fused-ring (bicyclic) bond motifs is 7. The van der Waals surface area contributed by atoms with Gasteiger partial charge in [0.15, 0.2) is 0 Å². The maximum Gasteiger partial charge on any atom is 0.303 e. The Morgan fingerprint density at radius 2 is 1.75 bits per heavy atom. The molecule has 1 saturated heterocycles. The molecule has 210 valence electrons. The van der Waals surface area contributed by atoms with Crippen LogP contribution in [0.15, 0.2) is 41.2 Å². The smallest absolute Gasteiger partial charge is 0.303 e. The Bertz CT molecular complexity index is 1510. The number of carboxylic acid groups (broad SMARTS) is 1. The monoisotopic (exact) mass is 559 g/mol. The molecule has 7 rings (SSSR count). The summed E-state index contributed by atoms with van der Waals surface area (Å²) < 4.78 is 2.26. The van der Waals surface area contributed by atoms with Crippen molar-refractivity contribution >= 4 is 28.5 Å². The van der Waals surface area contributed by atoms with E-state index in [1.165, 1.54) is 23.2 Å². The van der Waals surface area contributed by atoms with Crippen molar-refractivity contribution < 1.29 is 9.90 Å². The number of halogens is 1. The predicted octanol–water partition coefficient (Wildman–Crippen LogP) is 6.82. The van der Waals surface area contributed by atoms with E-state index in [0.29, 0.717) is 34.7 Å². The second kappa shape index (κ2) is 10.3. The number of rotatable bonds is 4. The van der Waals surface area contributed by atoms with E-state index >= 15 is 0 Å². The van der Waals surface area contributed by atoms with Crippen LogP contribution in [-0.2, 0) is 10.2 Å². The Morgan fingerprint density at radius 1 is 1.00 bits per heavy atom. The van der Waals surface area contributed by atoms with E-state index in [9.17, 15) is 9.59 Å². The van der Waals surface area contributed by atoms with Crippen molar-refractivity contribution in [3.63, 3.8) is 0 Å². The van der Waals surface area contributed by atoms with Gasteiger partial charge in [0.2, 0.25) is 0 Å². The zero-order valence-corrected chi connectivity index (χ0v) is 23.8. The molecule has 0 unspecified atom stereocenters. The van der Waals surface area contributed by atoms with Crippen LogP contribution in [0.5, 0.6) is 0 Å². The van der Waals surface area contributed by atoms with Crippen molar-refractivity contribution in [2.24, 2.45) is 5.92 Å². The fourth-order valence-electron chi connectivity index (χ4n) is 8.51. The van der Waals surface area contributed by atoms with E-state index in [-0.39, 0.29) is 11.0 Å². The van der Waals surface area contributed by atoms with Gasteiger partial charge in [0.25, 0.3) is 5.56 Å². The number of benzene rings is 2. The number of carboxylic acids is 1. The third kappa shape index (κ3) is 4.30. The number of piperidine rings is 1. The Balaban J connectivity index is 1.17. The number of nitrogens with zero attached hydrogens (tertiary/aromatic N) is 3. The predicted molar refractivity (Wildman–Crippen MR) is 158 cm³/mol. The molecule has 1 aromatic heterocycles. The van der Waals surface area contributed by atoms with Gasteiger partial charge in [-0.05, 0) is 106 Å². The summed E-state index contributed by atoms with van der Waals surface area (Å²) in [5, 5.41) is 10.1. The van der Waals surface area contributed by atoms with Crippen LogP contribution < -0.4 is 5.56 Å². The summed E-state index contributed by atoms with van der Waals surface area (Å²) in [4.78, 5) is 31.8. The first kappa shape index (κ1) is 26.2. The SMILES string of the molecule is O=C(O)CC1CCC(N2CCC(c3ccc4c(c3)-n3c(nc(=O)c5c(Cl)cccc53)C43CCCCC3)CC2)CC1. The van der Waals surface area contributed by atoms with Gasteiger partial charge < -0.3 is 10.0 Å². The Labute approximate surface area is 240 Å².